The first kappa shape index (κ1) is 20.8. The van der Waals surface area contributed by atoms with Crippen LogP contribution >= 0.6 is 11.8 Å². The summed E-state index contributed by atoms with van der Waals surface area (Å²) in [6.07, 6.45) is 2.23. The molecule has 0 spiro atoms. The molecular formula is C16H20N4O5S2. The summed E-state index contributed by atoms with van der Waals surface area (Å²) in [4.78, 5) is 30.1. The Bertz CT molecular complexity index is 994. The number of rotatable bonds is 8. The van der Waals surface area contributed by atoms with Crippen LogP contribution in [0, 0.1) is 6.92 Å². The Kier molecular flexibility index (Phi) is 6.86. The molecule has 1 amide bonds. The van der Waals surface area contributed by atoms with Crippen molar-refractivity contribution in [2.45, 2.75) is 30.3 Å². The predicted octanol–water partition coefficient (Wildman–Crippen LogP) is 1.42. The lowest BCUT2D eigenvalue weighted by molar-refractivity contribution is 0.0836. The number of sulfonamides is 1. The number of nitrogens with zero attached hydrogens (tertiary/aromatic N) is 3. The predicted molar refractivity (Wildman–Crippen MR) is 101 cm³/mol. The van der Waals surface area contributed by atoms with Gasteiger partial charge in [-0.1, -0.05) is 43.0 Å². The summed E-state index contributed by atoms with van der Waals surface area (Å²) in [7, 11) is -4.16. The van der Waals surface area contributed by atoms with Gasteiger partial charge in [0.1, 0.15) is 6.61 Å². The fourth-order valence-electron chi connectivity index (χ4n) is 2.05. The smallest absolute Gasteiger partial charge is 0.388 e. The Morgan fingerprint density at radius 1 is 1.41 bits per heavy atom. The average molecular weight is 412 g/mol. The molecule has 0 saturated carbocycles. The van der Waals surface area contributed by atoms with Gasteiger partial charge in [0.05, 0.1) is 4.90 Å². The van der Waals surface area contributed by atoms with E-state index in [0.717, 1.165) is 16.5 Å². The summed E-state index contributed by atoms with van der Waals surface area (Å²) in [5.74, 6) is 0.426. The molecule has 2 aromatic rings. The zero-order valence-electron chi connectivity index (χ0n) is 14.9. The molecule has 11 heteroatoms. The van der Waals surface area contributed by atoms with Crippen LogP contribution in [0.3, 0.4) is 0 Å². The van der Waals surface area contributed by atoms with Crippen LogP contribution in [-0.2, 0) is 10.0 Å². The minimum Gasteiger partial charge on any atom is -0.407 e. The molecule has 1 N–H and O–H groups in total. The van der Waals surface area contributed by atoms with Crippen LogP contribution < -0.4 is 15.2 Å². The van der Waals surface area contributed by atoms with E-state index in [1.165, 1.54) is 12.1 Å². The molecule has 27 heavy (non-hydrogen) atoms. The molecule has 0 unspecified atom stereocenters. The molecule has 2 rings (SSSR count). The third-order valence-corrected chi connectivity index (χ3v) is 5.65. The second-order valence-corrected chi connectivity index (χ2v) is 8.02. The fourth-order valence-corrected chi connectivity index (χ4v) is 3.88. The Balaban J connectivity index is 2.35. The highest BCUT2D eigenvalue weighted by atomic mass is 32.2. The van der Waals surface area contributed by atoms with Crippen molar-refractivity contribution in [3.63, 3.8) is 0 Å². The van der Waals surface area contributed by atoms with Crippen LogP contribution in [0.1, 0.15) is 18.9 Å². The van der Waals surface area contributed by atoms with Gasteiger partial charge >= 0.3 is 11.7 Å². The van der Waals surface area contributed by atoms with Gasteiger partial charge in [-0.15, -0.1) is 21.1 Å². The Morgan fingerprint density at radius 3 is 2.74 bits per heavy atom. The van der Waals surface area contributed by atoms with Crippen LogP contribution in [-0.4, -0.2) is 41.3 Å². The topological polar surface area (TPSA) is 112 Å². The number of aromatic nitrogens is 3. The van der Waals surface area contributed by atoms with Crippen molar-refractivity contribution in [1.29, 1.82) is 0 Å². The van der Waals surface area contributed by atoms with Crippen LogP contribution in [0.4, 0.5) is 4.79 Å². The van der Waals surface area contributed by atoms with Crippen molar-refractivity contribution < 1.29 is 18.0 Å². The quantitative estimate of drug-likeness (QED) is 0.515. The number of hydrogen-bond acceptors (Lipinski definition) is 7. The highest BCUT2D eigenvalue weighted by molar-refractivity contribution is 7.99. The molecule has 1 aromatic heterocycles. The van der Waals surface area contributed by atoms with E-state index in [1.807, 2.05) is 11.6 Å². The second kappa shape index (κ2) is 8.91. The first-order valence-corrected chi connectivity index (χ1v) is 10.5. The van der Waals surface area contributed by atoms with Gasteiger partial charge in [0.2, 0.25) is 5.16 Å². The Morgan fingerprint density at radius 2 is 2.11 bits per heavy atom. The summed E-state index contributed by atoms with van der Waals surface area (Å²) >= 11 is 1.13. The molecule has 0 radical (unpaired) electrons. The molecule has 9 nitrogen and oxygen atoms in total. The SMILES string of the molecule is C=CCSc1nn(C(=O)NS(=O)(=O)c2ccccc2C)c(=O)n1OCCC. The minimum absolute atomic E-state index is 0.0608. The van der Waals surface area contributed by atoms with Crippen molar-refractivity contribution >= 4 is 27.8 Å². The molecule has 0 saturated heterocycles. The first-order chi connectivity index (χ1) is 12.8. The summed E-state index contributed by atoms with van der Waals surface area (Å²) in [6, 6.07) is 4.99. The van der Waals surface area contributed by atoms with Gasteiger partial charge in [-0.2, -0.15) is 0 Å². The number of nitrogens with one attached hydrogen (secondary N) is 1. The maximum Gasteiger partial charge on any atom is 0.388 e. The zero-order valence-corrected chi connectivity index (χ0v) is 16.5. The highest BCUT2D eigenvalue weighted by Crippen LogP contribution is 2.15. The summed E-state index contributed by atoms with van der Waals surface area (Å²) < 4.78 is 28.1. The highest BCUT2D eigenvalue weighted by Gasteiger charge is 2.25. The molecule has 0 bridgehead atoms. The van der Waals surface area contributed by atoms with Gasteiger partial charge in [0.25, 0.3) is 10.0 Å². The Hall–Kier alpha value is -2.53. The molecule has 1 aromatic carbocycles. The van der Waals surface area contributed by atoms with Gasteiger partial charge in [-0.05, 0) is 25.0 Å². The van der Waals surface area contributed by atoms with Crippen LogP contribution in [0.15, 0.2) is 51.8 Å². The van der Waals surface area contributed by atoms with Crippen LogP contribution in [0.25, 0.3) is 0 Å². The maximum atomic E-state index is 12.5. The van der Waals surface area contributed by atoms with Gasteiger partial charge in [0.15, 0.2) is 0 Å². The molecule has 0 atom stereocenters. The van der Waals surface area contributed by atoms with Crippen molar-refractivity contribution in [3.8, 4) is 0 Å². The molecule has 0 aliphatic carbocycles. The van der Waals surface area contributed by atoms with Crippen molar-refractivity contribution in [2.75, 3.05) is 12.4 Å². The zero-order chi connectivity index (χ0) is 20.0. The number of aryl methyl sites for hydroxylation is 1. The standard InChI is InChI=1S/C16H20N4O5S2/c1-4-10-25-20-15(26-11-5-2)17-19(16(20)22)14(21)18-27(23,24)13-9-7-6-8-12(13)3/h5-9H,2,4,10-11H2,1,3H3,(H,18,21). The number of benzene rings is 1. The summed E-state index contributed by atoms with van der Waals surface area (Å²) in [5, 5.41) is 4.00. The van der Waals surface area contributed by atoms with E-state index in [1.54, 1.807) is 25.1 Å². The average Bonchev–Trinajstić information content (AvgIpc) is 2.93. The lowest BCUT2D eigenvalue weighted by Gasteiger charge is -2.08. The van der Waals surface area contributed by atoms with Crippen LogP contribution in [0.2, 0.25) is 0 Å². The second-order valence-electron chi connectivity index (χ2n) is 5.38. The molecule has 146 valence electrons. The van der Waals surface area contributed by atoms with Gasteiger partial charge in [-0.3, -0.25) is 0 Å². The van der Waals surface area contributed by atoms with Crippen LogP contribution in [0.5, 0.6) is 0 Å². The molecule has 0 aliphatic heterocycles. The molecule has 0 fully saturated rings. The first-order valence-electron chi connectivity index (χ1n) is 8.03. The van der Waals surface area contributed by atoms with E-state index in [4.69, 9.17) is 4.84 Å². The van der Waals surface area contributed by atoms with Crippen molar-refractivity contribution in [3.05, 3.63) is 53.0 Å². The number of carbonyl (C=O) groups excluding carboxylic acids is 1. The third-order valence-electron chi connectivity index (χ3n) is 3.27. The molecular weight excluding hydrogens is 392 g/mol. The number of amides is 1. The van der Waals surface area contributed by atoms with E-state index >= 15 is 0 Å². The van der Waals surface area contributed by atoms with Crippen molar-refractivity contribution in [1.82, 2.24) is 19.2 Å². The third kappa shape index (κ3) is 4.80. The lowest BCUT2D eigenvalue weighted by Crippen LogP contribution is -2.41. The number of hydrogen-bond donors (Lipinski definition) is 1. The molecule has 1 heterocycles. The lowest BCUT2D eigenvalue weighted by atomic mass is 10.2. The van der Waals surface area contributed by atoms with Gasteiger partial charge < -0.3 is 4.84 Å². The normalized spacial score (nSPS) is 11.2. The Labute approximate surface area is 161 Å². The summed E-state index contributed by atoms with van der Waals surface area (Å²) in [6.45, 7) is 7.27. The molecule has 0 aliphatic rings. The fraction of sp³-hybridized carbons (Fsp3) is 0.312. The monoisotopic (exact) mass is 412 g/mol. The number of carbonyl (C=O) groups is 1. The van der Waals surface area contributed by atoms with E-state index in [9.17, 15) is 18.0 Å². The van der Waals surface area contributed by atoms with E-state index in [0.29, 0.717) is 22.4 Å². The van der Waals surface area contributed by atoms with E-state index in [2.05, 4.69) is 11.7 Å². The van der Waals surface area contributed by atoms with Gasteiger partial charge in [-0.25, -0.2) is 22.7 Å². The summed E-state index contributed by atoms with van der Waals surface area (Å²) in [5.41, 5.74) is -0.434. The van der Waals surface area contributed by atoms with E-state index < -0.39 is 21.7 Å². The van der Waals surface area contributed by atoms with E-state index in [-0.39, 0.29) is 16.7 Å². The largest absolute Gasteiger partial charge is 0.407 e. The van der Waals surface area contributed by atoms with Crippen molar-refractivity contribution in [2.24, 2.45) is 0 Å². The van der Waals surface area contributed by atoms with Gasteiger partial charge in [0, 0.05) is 5.75 Å². The number of thioether (sulfide) groups is 1. The minimum atomic E-state index is -4.16. The maximum absolute atomic E-state index is 12.5.